The predicted octanol–water partition coefficient (Wildman–Crippen LogP) is 2.78. The van der Waals surface area contributed by atoms with Crippen molar-refractivity contribution in [1.82, 2.24) is 15.0 Å². The van der Waals surface area contributed by atoms with E-state index in [9.17, 15) is 4.39 Å². The van der Waals surface area contributed by atoms with Gasteiger partial charge < -0.3 is 10.2 Å². The van der Waals surface area contributed by atoms with Gasteiger partial charge in [-0.1, -0.05) is 16.8 Å². The first-order valence-corrected chi connectivity index (χ1v) is 6.22. The fourth-order valence-electron chi connectivity index (χ4n) is 1.91. The summed E-state index contributed by atoms with van der Waals surface area (Å²) in [7, 11) is 0. The van der Waals surface area contributed by atoms with Crippen LogP contribution in [0.25, 0.3) is 17.1 Å². The van der Waals surface area contributed by atoms with Gasteiger partial charge in [0.25, 0.3) is 0 Å². The maximum absolute atomic E-state index is 13.2. The van der Waals surface area contributed by atoms with Gasteiger partial charge in [0.15, 0.2) is 5.76 Å². The molecule has 3 rings (SSSR count). The van der Waals surface area contributed by atoms with Crippen molar-refractivity contribution in [3.05, 3.63) is 53.1 Å². The number of hydrogen-bond acceptors (Lipinski definition) is 4. The molecule has 0 spiro atoms. The zero-order chi connectivity index (χ0) is 14.1. The first-order chi connectivity index (χ1) is 9.70. The van der Waals surface area contributed by atoms with Crippen molar-refractivity contribution in [3.63, 3.8) is 0 Å². The lowest BCUT2D eigenvalue weighted by Crippen LogP contribution is -2.02. The molecule has 0 fully saturated rings. The summed E-state index contributed by atoms with van der Waals surface area (Å²) in [6, 6.07) is 7.83. The summed E-state index contributed by atoms with van der Waals surface area (Å²) in [6.45, 7) is 0.213. The minimum atomic E-state index is -0.492. The zero-order valence-electron chi connectivity index (χ0n) is 10.3. The number of aromatic nitrogens is 3. The largest absolute Gasteiger partial charge is 0.463 e. The van der Waals surface area contributed by atoms with Crippen LogP contribution in [0.1, 0.15) is 5.69 Å². The number of hydrogen-bond donors (Lipinski definition) is 1. The van der Waals surface area contributed by atoms with Crippen LogP contribution in [0.5, 0.6) is 0 Å². The molecule has 0 saturated heterocycles. The molecule has 1 aromatic carbocycles. The Bertz CT molecular complexity index is 739. The molecule has 0 amide bonds. The molecule has 0 unspecified atom stereocenters. The van der Waals surface area contributed by atoms with Gasteiger partial charge in [0.2, 0.25) is 0 Å². The van der Waals surface area contributed by atoms with Crippen molar-refractivity contribution < 1.29 is 8.81 Å². The van der Waals surface area contributed by atoms with Crippen molar-refractivity contribution in [2.45, 2.75) is 6.54 Å². The molecule has 7 heteroatoms. The topological polar surface area (TPSA) is 69.9 Å². The molecule has 0 atom stereocenters. The lowest BCUT2D eigenvalue weighted by molar-refractivity contribution is 0.576. The van der Waals surface area contributed by atoms with Crippen LogP contribution in [0, 0.1) is 5.82 Å². The van der Waals surface area contributed by atoms with Gasteiger partial charge >= 0.3 is 0 Å². The van der Waals surface area contributed by atoms with E-state index in [4.69, 9.17) is 21.8 Å². The molecular formula is C13H10ClFN4O. The van der Waals surface area contributed by atoms with E-state index in [-0.39, 0.29) is 11.6 Å². The highest BCUT2D eigenvalue weighted by atomic mass is 35.5. The van der Waals surface area contributed by atoms with Crippen molar-refractivity contribution in [2.24, 2.45) is 5.73 Å². The third-order valence-corrected chi connectivity index (χ3v) is 3.13. The third-order valence-electron chi connectivity index (χ3n) is 2.84. The fraction of sp³-hybridized carbons (Fsp3) is 0.0769. The Hall–Kier alpha value is -2.18. The van der Waals surface area contributed by atoms with Gasteiger partial charge in [-0.25, -0.2) is 9.07 Å². The maximum atomic E-state index is 13.2. The summed E-state index contributed by atoms with van der Waals surface area (Å²) in [6.07, 6.45) is 1.55. The smallest absolute Gasteiger partial charge is 0.154 e. The van der Waals surface area contributed by atoms with Crippen LogP contribution in [0.15, 0.2) is 41.0 Å². The highest BCUT2D eigenvalue weighted by molar-refractivity contribution is 6.30. The summed E-state index contributed by atoms with van der Waals surface area (Å²) in [5, 5.41) is 8.05. The summed E-state index contributed by atoms with van der Waals surface area (Å²) < 4.78 is 20.1. The van der Waals surface area contributed by atoms with Crippen molar-refractivity contribution in [2.75, 3.05) is 0 Å². The van der Waals surface area contributed by atoms with Crippen molar-refractivity contribution >= 4 is 11.6 Å². The second-order valence-corrected chi connectivity index (χ2v) is 4.48. The highest BCUT2D eigenvalue weighted by Gasteiger charge is 2.18. The molecule has 0 bridgehead atoms. The number of halogens is 2. The van der Waals surface area contributed by atoms with Gasteiger partial charge in [0, 0.05) is 6.54 Å². The Balaban J connectivity index is 2.19. The predicted molar refractivity (Wildman–Crippen MR) is 71.9 cm³/mol. The number of rotatable bonds is 3. The van der Waals surface area contributed by atoms with Crippen LogP contribution in [0.4, 0.5) is 4.39 Å². The number of furan rings is 1. The zero-order valence-corrected chi connectivity index (χ0v) is 11.0. The van der Waals surface area contributed by atoms with Crippen LogP contribution in [-0.4, -0.2) is 15.0 Å². The lowest BCUT2D eigenvalue weighted by Gasteiger charge is -2.06. The molecule has 0 aliphatic rings. The van der Waals surface area contributed by atoms with Gasteiger partial charge in [-0.15, -0.1) is 5.10 Å². The second kappa shape index (κ2) is 5.07. The Morgan fingerprint density at radius 3 is 2.85 bits per heavy atom. The van der Waals surface area contributed by atoms with Crippen LogP contribution < -0.4 is 5.73 Å². The highest BCUT2D eigenvalue weighted by Crippen LogP contribution is 2.27. The number of nitrogens with two attached hydrogens (primary N) is 1. The molecule has 2 heterocycles. The van der Waals surface area contributed by atoms with Crippen molar-refractivity contribution in [3.8, 4) is 17.1 Å². The Morgan fingerprint density at radius 1 is 1.35 bits per heavy atom. The Morgan fingerprint density at radius 2 is 2.20 bits per heavy atom. The van der Waals surface area contributed by atoms with Crippen LogP contribution in [0.3, 0.4) is 0 Å². The molecule has 102 valence electrons. The Labute approximate surface area is 118 Å². The summed E-state index contributed by atoms with van der Waals surface area (Å²) in [5.74, 6) is 0.0880. The molecule has 2 aromatic heterocycles. The molecule has 0 radical (unpaired) electrons. The molecule has 5 nitrogen and oxygen atoms in total. The number of nitrogens with zero attached hydrogens (tertiary/aromatic N) is 3. The molecule has 0 saturated carbocycles. The summed E-state index contributed by atoms with van der Waals surface area (Å²) >= 11 is 5.80. The van der Waals surface area contributed by atoms with E-state index < -0.39 is 5.82 Å². The first kappa shape index (κ1) is 12.8. The normalized spacial score (nSPS) is 10.9. The van der Waals surface area contributed by atoms with Gasteiger partial charge in [0.05, 0.1) is 17.0 Å². The average Bonchev–Trinajstić information content (AvgIpc) is 3.09. The van der Waals surface area contributed by atoms with E-state index in [2.05, 4.69) is 10.3 Å². The number of benzene rings is 1. The lowest BCUT2D eigenvalue weighted by atomic mass is 10.2. The van der Waals surface area contributed by atoms with Crippen molar-refractivity contribution in [1.29, 1.82) is 0 Å². The van der Waals surface area contributed by atoms with Gasteiger partial charge in [-0.2, -0.15) is 0 Å². The van der Waals surface area contributed by atoms with Crippen LogP contribution in [-0.2, 0) is 6.54 Å². The fourth-order valence-corrected chi connectivity index (χ4v) is 2.08. The van der Waals surface area contributed by atoms with E-state index in [0.717, 1.165) is 0 Å². The average molecular weight is 293 g/mol. The minimum Gasteiger partial charge on any atom is -0.463 e. The van der Waals surface area contributed by atoms with Crippen LogP contribution >= 0.6 is 11.6 Å². The third kappa shape index (κ3) is 2.09. The van der Waals surface area contributed by atoms with E-state index in [1.165, 1.54) is 16.8 Å². The molecule has 0 aliphatic heterocycles. The van der Waals surface area contributed by atoms with Gasteiger partial charge in [0.1, 0.15) is 17.2 Å². The SMILES string of the molecule is NCc1nnn(-c2ccc(F)c(Cl)c2)c1-c1ccco1. The molecule has 3 aromatic rings. The van der Waals surface area contributed by atoms with E-state index in [0.29, 0.717) is 22.8 Å². The van der Waals surface area contributed by atoms with E-state index in [1.807, 2.05) is 0 Å². The maximum Gasteiger partial charge on any atom is 0.154 e. The van der Waals surface area contributed by atoms with Crippen LogP contribution in [0.2, 0.25) is 5.02 Å². The minimum absolute atomic E-state index is 0.0118. The molecular weight excluding hydrogens is 283 g/mol. The van der Waals surface area contributed by atoms with E-state index in [1.54, 1.807) is 24.5 Å². The monoisotopic (exact) mass is 292 g/mol. The summed E-state index contributed by atoms with van der Waals surface area (Å²) in [5.41, 5.74) is 7.45. The second-order valence-electron chi connectivity index (χ2n) is 4.08. The van der Waals surface area contributed by atoms with Gasteiger partial charge in [-0.3, -0.25) is 0 Å². The quantitative estimate of drug-likeness (QED) is 0.806. The van der Waals surface area contributed by atoms with E-state index >= 15 is 0 Å². The summed E-state index contributed by atoms with van der Waals surface area (Å²) in [4.78, 5) is 0. The molecule has 0 aliphatic carbocycles. The standard InChI is InChI=1S/C13H10ClFN4O/c14-9-6-8(3-4-10(9)15)19-13(11(7-16)17-18-19)12-2-1-5-20-12/h1-6H,7,16H2. The Kier molecular flexibility index (Phi) is 3.25. The van der Waals surface area contributed by atoms with Gasteiger partial charge in [-0.05, 0) is 30.3 Å². The molecule has 2 N–H and O–H groups in total. The molecule has 20 heavy (non-hydrogen) atoms. The first-order valence-electron chi connectivity index (χ1n) is 5.84.